The minimum absolute atomic E-state index is 0.123. The largest absolute Gasteiger partial charge is 0.417 e. The number of nitrogens with zero attached hydrogens (tertiary/aromatic N) is 2. The number of carbonyl (C=O) groups excluding carboxylic acids is 1. The summed E-state index contributed by atoms with van der Waals surface area (Å²) in [7, 11) is -3.66. The molecule has 1 amide bonds. The summed E-state index contributed by atoms with van der Waals surface area (Å²) >= 11 is 5.73. The second kappa shape index (κ2) is 8.00. The van der Waals surface area contributed by atoms with E-state index < -0.39 is 44.2 Å². The topological polar surface area (TPSA) is 99.9 Å². The standard InChI is InChI=1S/C18H15ClF3N3O3S/c1-17(10-29(2,27)28,12-4-6-15(19)24-9-12)16(26)25-13-5-3-11(8-23)14(7-13)18(20,21)22/h3-7,9H,10H2,1-2H3,(H,25,26). The number of carbonyl (C=O) groups is 1. The van der Waals surface area contributed by atoms with E-state index in [1.807, 2.05) is 0 Å². The molecule has 154 valence electrons. The van der Waals surface area contributed by atoms with Crippen LogP contribution >= 0.6 is 11.6 Å². The van der Waals surface area contributed by atoms with Gasteiger partial charge in [0.15, 0.2) is 0 Å². The van der Waals surface area contributed by atoms with Crippen molar-refractivity contribution in [2.45, 2.75) is 18.5 Å². The number of rotatable bonds is 5. The monoisotopic (exact) mass is 445 g/mol. The van der Waals surface area contributed by atoms with E-state index in [4.69, 9.17) is 16.9 Å². The third-order valence-corrected chi connectivity index (χ3v) is 5.45. The van der Waals surface area contributed by atoms with Crippen molar-refractivity contribution in [3.8, 4) is 6.07 Å². The predicted molar refractivity (Wildman–Crippen MR) is 101 cm³/mol. The first-order valence-corrected chi connectivity index (χ1v) is 10.4. The fourth-order valence-corrected chi connectivity index (χ4v) is 4.19. The predicted octanol–water partition coefficient (Wildman–Crippen LogP) is 3.57. The van der Waals surface area contributed by atoms with Crippen LogP contribution in [0.15, 0.2) is 36.5 Å². The molecule has 2 aromatic rings. The Labute approximate surface area is 170 Å². The van der Waals surface area contributed by atoms with Crippen LogP contribution < -0.4 is 5.32 Å². The lowest BCUT2D eigenvalue weighted by molar-refractivity contribution is -0.137. The van der Waals surface area contributed by atoms with E-state index in [2.05, 4.69) is 10.3 Å². The van der Waals surface area contributed by atoms with Crippen LogP contribution in [0.4, 0.5) is 18.9 Å². The molecular formula is C18H15ClF3N3O3S. The highest BCUT2D eigenvalue weighted by molar-refractivity contribution is 7.90. The highest BCUT2D eigenvalue weighted by atomic mass is 35.5. The van der Waals surface area contributed by atoms with Crippen LogP contribution in [0.2, 0.25) is 5.15 Å². The van der Waals surface area contributed by atoms with Crippen LogP contribution in [0.3, 0.4) is 0 Å². The van der Waals surface area contributed by atoms with Crippen molar-refractivity contribution in [1.29, 1.82) is 5.26 Å². The van der Waals surface area contributed by atoms with Gasteiger partial charge >= 0.3 is 6.18 Å². The van der Waals surface area contributed by atoms with E-state index in [1.54, 1.807) is 0 Å². The fraction of sp³-hybridized carbons (Fsp3) is 0.278. The number of sulfone groups is 1. The zero-order valence-corrected chi connectivity index (χ0v) is 16.8. The number of nitrogens with one attached hydrogen (secondary N) is 1. The normalized spacial score (nSPS) is 14.0. The summed E-state index contributed by atoms with van der Waals surface area (Å²) < 4.78 is 63.2. The summed E-state index contributed by atoms with van der Waals surface area (Å²) in [6.45, 7) is 1.34. The number of alkyl halides is 3. The van der Waals surface area contributed by atoms with Gasteiger partial charge in [-0.1, -0.05) is 17.7 Å². The molecule has 0 saturated carbocycles. The molecule has 11 heteroatoms. The number of benzene rings is 1. The van der Waals surface area contributed by atoms with Gasteiger partial charge in [-0.15, -0.1) is 0 Å². The highest BCUT2D eigenvalue weighted by Gasteiger charge is 2.40. The smallest absolute Gasteiger partial charge is 0.325 e. The average Bonchev–Trinajstić information content (AvgIpc) is 2.59. The van der Waals surface area contributed by atoms with Gasteiger partial charge in [0.25, 0.3) is 0 Å². The lowest BCUT2D eigenvalue weighted by atomic mass is 9.84. The summed E-state index contributed by atoms with van der Waals surface area (Å²) in [4.78, 5) is 16.8. The Morgan fingerprint density at radius 2 is 1.93 bits per heavy atom. The number of nitriles is 1. The third kappa shape index (κ3) is 5.46. The molecule has 0 aliphatic heterocycles. The summed E-state index contributed by atoms with van der Waals surface area (Å²) in [5, 5.41) is 11.3. The average molecular weight is 446 g/mol. The molecule has 1 N–H and O–H groups in total. The van der Waals surface area contributed by atoms with Crippen molar-refractivity contribution in [3.63, 3.8) is 0 Å². The van der Waals surface area contributed by atoms with Crippen molar-refractivity contribution in [3.05, 3.63) is 58.4 Å². The molecule has 2 rings (SSSR count). The van der Waals surface area contributed by atoms with Gasteiger partial charge in [-0.05, 0) is 36.8 Å². The second-order valence-electron chi connectivity index (χ2n) is 6.60. The number of hydrogen-bond donors (Lipinski definition) is 1. The molecule has 1 atom stereocenters. The Balaban J connectivity index is 2.48. The first-order chi connectivity index (χ1) is 13.3. The summed E-state index contributed by atoms with van der Waals surface area (Å²) in [5.74, 6) is -1.47. The zero-order chi connectivity index (χ0) is 22.0. The SMILES string of the molecule is CC(CS(C)(=O)=O)(C(=O)Nc1ccc(C#N)c(C(F)(F)F)c1)c1ccc(Cl)nc1. The Hall–Kier alpha value is -2.64. The molecule has 0 aliphatic carbocycles. The number of anilines is 1. The minimum Gasteiger partial charge on any atom is -0.325 e. The summed E-state index contributed by atoms with van der Waals surface area (Å²) in [6, 6.07) is 6.91. The van der Waals surface area contributed by atoms with Crippen LogP contribution in [0, 0.1) is 11.3 Å². The van der Waals surface area contributed by atoms with Gasteiger partial charge in [-0.25, -0.2) is 13.4 Å². The lowest BCUT2D eigenvalue weighted by Gasteiger charge is -2.28. The number of halogens is 4. The van der Waals surface area contributed by atoms with Crippen molar-refractivity contribution in [1.82, 2.24) is 4.98 Å². The van der Waals surface area contributed by atoms with Gasteiger partial charge < -0.3 is 5.32 Å². The molecule has 1 aromatic carbocycles. The molecule has 0 spiro atoms. The quantitative estimate of drug-likeness (QED) is 0.709. The third-order valence-electron chi connectivity index (χ3n) is 4.12. The van der Waals surface area contributed by atoms with Crippen LogP contribution in [-0.2, 0) is 26.2 Å². The fourth-order valence-electron chi connectivity index (χ4n) is 2.73. The molecule has 0 radical (unpaired) electrons. The van der Waals surface area contributed by atoms with E-state index in [9.17, 15) is 26.4 Å². The second-order valence-corrected chi connectivity index (χ2v) is 9.12. The summed E-state index contributed by atoms with van der Waals surface area (Å²) in [6.07, 6.45) is -2.64. The minimum atomic E-state index is -4.80. The van der Waals surface area contributed by atoms with Crippen LogP contribution in [0.5, 0.6) is 0 Å². The van der Waals surface area contributed by atoms with Crippen molar-refractivity contribution in [2.24, 2.45) is 0 Å². The molecule has 29 heavy (non-hydrogen) atoms. The van der Waals surface area contributed by atoms with Crippen molar-refractivity contribution in [2.75, 3.05) is 17.3 Å². The van der Waals surface area contributed by atoms with Crippen molar-refractivity contribution >= 4 is 33.0 Å². The molecule has 1 unspecified atom stereocenters. The van der Waals surface area contributed by atoms with Gasteiger partial charge in [0.2, 0.25) is 5.91 Å². The van der Waals surface area contributed by atoms with E-state index in [-0.39, 0.29) is 16.4 Å². The van der Waals surface area contributed by atoms with E-state index in [0.717, 1.165) is 18.4 Å². The van der Waals surface area contributed by atoms with Gasteiger partial charge in [-0.2, -0.15) is 18.4 Å². The first-order valence-electron chi connectivity index (χ1n) is 7.99. The first kappa shape index (κ1) is 22.6. The maximum atomic E-state index is 13.1. The molecule has 0 saturated heterocycles. The Morgan fingerprint density at radius 1 is 1.28 bits per heavy atom. The maximum absolute atomic E-state index is 13.1. The molecule has 6 nitrogen and oxygen atoms in total. The van der Waals surface area contributed by atoms with Crippen LogP contribution in [0.1, 0.15) is 23.6 Å². The molecule has 0 bridgehead atoms. The van der Waals surface area contributed by atoms with E-state index in [1.165, 1.54) is 31.3 Å². The van der Waals surface area contributed by atoms with Gasteiger partial charge in [0.1, 0.15) is 15.0 Å². The Morgan fingerprint density at radius 3 is 2.41 bits per heavy atom. The van der Waals surface area contributed by atoms with Gasteiger partial charge in [0.05, 0.1) is 28.4 Å². The molecule has 1 heterocycles. The van der Waals surface area contributed by atoms with Crippen LogP contribution in [0.25, 0.3) is 0 Å². The van der Waals surface area contributed by atoms with Crippen molar-refractivity contribution < 1.29 is 26.4 Å². The lowest BCUT2D eigenvalue weighted by Crippen LogP contribution is -2.43. The Kier molecular flexibility index (Phi) is 6.25. The summed E-state index contributed by atoms with van der Waals surface area (Å²) in [5.41, 5.74) is -3.48. The van der Waals surface area contributed by atoms with E-state index in [0.29, 0.717) is 6.07 Å². The maximum Gasteiger partial charge on any atom is 0.417 e. The molecule has 0 aliphatic rings. The van der Waals surface area contributed by atoms with Gasteiger partial charge in [-0.3, -0.25) is 4.79 Å². The Bertz CT molecular complexity index is 1080. The highest BCUT2D eigenvalue weighted by Crippen LogP contribution is 2.34. The van der Waals surface area contributed by atoms with Crippen LogP contribution in [-0.4, -0.2) is 31.3 Å². The number of pyridine rings is 1. The molecular weight excluding hydrogens is 431 g/mol. The zero-order valence-electron chi connectivity index (χ0n) is 15.2. The van der Waals surface area contributed by atoms with E-state index >= 15 is 0 Å². The number of hydrogen-bond acceptors (Lipinski definition) is 5. The number of aromatic nitrogens is 1. The molecule has 1 aromatic heterocycles. The van der Waals surface area contributed by atoms with Gasteiger partial charge in [0, 0.05) is 18.1 Å². The number of amides is 1. The molecule has 0 fully saturated rings.